The second kappa shape index (κ2) is 5.73. The van der Waals surface area contributed by atoms with Crippen LogP contribution in [-0.4, -0.2) is 37.7 Å². The fourth-order valence-electron chi connectivity index (χ4n) is 1.33. The Labute approximate surface area is 116 Å². The van der Waals surface area contributed by atoms with Crippen LogP contribution in [-0.2, 0) is 10.0 Å². The van der Waals surface area contributed by atoms with Crippen LogP contribution in [0.1, 0.15) is 13.8 Å². The Morgan fingerprint density at radius 1 is 1.45 bits per heavy atom. The standard InChI is InChI=1S/C11H16N2O6S/c1-11(2,14)7-12-20(17,18)8-4-5-10(19-3)9(6-8)13(15)16/h4-6,12,14H,7H2,1-3H3. The van der Waals surface area contributed by atoms with Crippen LogP contribution in [0.25, 0.3) is 0 Å². The smallest absolute Gasteiger partial charge is 0.312 e. The molecule has 0 atom stereocenters. The van der Waals surface area contributed by atoms with Crippen molar-refractivity contribution in [2.24, 2.45) is 0 Å². The van der Waals surface area contributed by atoms with Gasteiger partial charge in [-0.15, -0.1) is 0 Å². The Bertz CT molecular complexity index is 606. The first-order valence-corrected chi connectivity index (χ1v) is 7.09. The van der Waals surface area contributed by atoms with E-state index in [0.717, 1.165) is 6.07 Å². The minimum atomic E-state index is -3.94. The summed E-state index contributed by atoms with van der Waals surface area (Å²) in [5, 5.41) is 20.3. The van der Waals surface area contributed by atoms with Crippen molar-refractivity contribution in [1.82, 2.24) is 4.72 Å². The molecule has 0 saturated heterocycles. The predicted octanol–water partition coefficient (Wildman–Crippen LogP) is 0.653. The number of aliphatic hydroxyl groups is 1. The van der Waals surface area contributed by atoms with E-state index in [1.54, 1.807) is 0 Å². The first-order chi connectivity index (χ1) is 9.07. The van der Waals surface area contributed by atoms with Gasteiger partial charge in [0.2, 0.25) is 10.0 Å². The highest BCUT2D eigenvalue weighted by Gasteiger charge is 2.23. The largest absolute Gasteiger partial charge is 0.490 e. The number of methoxy groups -OCH3 is 1. The summed E-state index contributed by atoms with van der Waals surface area (Å²) in [6.45, 7) is 2.66. The normalized spacial score (nSPS) is 12.2. The van der Waals surface area contributed by atoms with Gasteiger partial charge in [0.15, 0.2) is 5.75 Å². The predicted molar refractivity (Wildman–Crippen MR) is 71.1 cm³/mol. The van der Waals surface area contributed by atoms with E-state index >= 15 is 0 Å². The number of nitrogens with one attached hydrogen (secondary N) is 1. The Hall–Kier alpha value is -1.71. The van der Waals surface area contributed by atoms with Gasteiger partial charge >= 0.3 is 5.69 Å². The molecule has 0 spiro atoms. The van der Waals surface area contributed by atoms with Gasteiger partial charge in [-0.25, -0.2) is 13.1 Å². The first-order valence-electron chi connectivity index (χ1n) is 5.61. The molecule has 0 bridgehead atoms. The van der Waals surface area contributed by atoms with E-state index < -0.39 is 26.2 Å². The van der Waals surface area contributed by atoms with E-state index in [0.29, 0.717) is 0 Å². The van der Waals surface area contributed by atoms with Crippen LogP contribution >= 0.6 is 0 Å². The van der Waals surface area contributed by atoms with E-state index in [-0.39, 0.29) is 17.2 Å². The summed E-state index contributed by atoms with van der Waals surface area (Å²) in [6, 6.07) is 3.31. The Kier molecular flexibility index (Phi) is 4.69. The van der Waals surface area contributed by atoms with E-state index in [2.05, 4.69) is 4.72 Å². The maximum Gasteiger partial charge on any atom is 0.312 e. The zero-order valence-corrected chi connectivity index (χ0v) is 12.1. The molecule has 0 fully saturated rings. The lowest BCUT2D eigenvalue weighted by molar-refractivity contribution is -0.386. The third-order valence-electron chi connectivity index (χ3n) is 2.35. The Morgan fingerprint density at radius 3 is 2.50 bits per heavy atom. The lowest BCUT2D eigenvalue weighted by Crippen LogP contribution is -2.38. The van der Waals surface area contributed by atoms with Crippen LogP contribution in [0.3, 0.4) is 0 Å². The summed E-state index contributed by atoms with van der Waals surface area (Å²) in [6.07, 6.45) is 0. The Balaban J connectivity index is 3.13. The molecular weight excluding hydrogens is 288 g/mol. The molecule has 9 heteroatoms. The minimum absolute atomic E-state index is 0.0311. The molecule has 8 nitrogen and oxygen atoms in total. The summed E-state index contributed by atoms with van der Waals surface area (Å²) >= 11 is 0. The molecule has 0 radical (unpaired) electrons. The van der Waals surface area contributed by atoms with E-state index in [9.17, 15) is 23.6 Å². The van der Waals surface area contributed by atoms with Crippen molar-refractivity contribution in [3.8, 4) is 5.75 Å². The molecule has 0 aromatic heterocycles. The highest BCUT2D eigenvalue weighted by Crippen LogP contribution is 2.29. The van der Waals surface area contributed by atoms with Crippen molar-refractivity contribution in [2.75, 3.05) is 13.7 Å². The maximum absolute atomic E-state index is 12.0. The highest BCUT2D eigenvalue weighted by molar-refractivity contribution is 7.89. The van der Waals surface area contributed by atoms with Crippen LogP contribution in [0, 0.1) is 10.1 Å². The van der Waals surface area contributed by atoms with Gasteiger partial charge in [-0.05, 0) is 26.0 Å². The Morgan fingerprint density at radius 2 is 2.05 bits per heavy atom. The number of nitro groups is 1. The first kappa shape index (κ1) is 16.3. The van der Waals surface area contributed by atoms with Crippen molar-refractivity contribution in [2.45, 2.75) is 24.3 Å². The molecule has 0 aliphatic heterocycles. The van der Waals surface area contributed by atoms with Gasteiger partial charge < -0.3 is 9.84 Å². The number of ether oxygens (including phenoxy) is 1. The van der Waals surface area contributed by atoms with Crippen molar-refractivity contribution < 1.29 is 23.2 Å². The molecule has 1 aromatic carbocycles. The summed E-state index contributed by atoms with van der Waals surface area (Å²) in [5.74, 6) is -0.0311. The average molecular weight is 304 g/mol. The van der Waals surface area contributed by atoms with Crippen LogP contribution in [0.2, 0.25) is 0 Å². The third kappa shape index (κ3) is 4.15. The minimum Gasteiger partial charge on any atom is -0.490 e. The average Bonchev–Trinajstić information content (AvgIpc) is 2.35. The van der Waals surface area contributed by atoms with Gasteiger partial charge in [-0.1, -0.05) is 0 Å². The number of nitrogens with zero attached hydrogens (tertiary/aromatic N) is 1. The monoisotopic (exact) mass is 304 g/mol. The van der Waals surface area contributed by atoms with E-state index in [1.165, 1.54) is 33.1 Å². The molecule has 0 heterocycles. The molecule has 1 rings (SSSR count). The van der Waals surface area contributed by atoms with Crippen LogP contribution in [0.4, 0.5) is 5.69 Å². The fraction of sp³-hybridized carbons (Fsp3) is 0.455. The molecule has 0 amide bonds. The number of benzene rings is 1. The van der Waals surface area contributed by atoms with Crippen molar-refractivity contribution in [1.29, 1.82) is 0 Å². The van der Waals surface area contributed by atoms with Crippen LogP contribution in [0.15, 0.2) is 23.1 Å². The van der Waals surface area contributed by atoms with Crippen LogP contribution in [0.5, 0.6) is 5.75 Å². The zero-order valence-electron chi connectivity index (χ0n) is 11.3. The van der Waals surface area contributed by atoms with Gasteiger partial charge in [0.05, 0.1) is 22.5 Å². The van der Waals surface area contributed by atoms with Crippen molar-refractivity contribution >= 4 is 15.7 Å². The van der Waals surface area contributed by atoms with Gasteiger partial charge in [-0.2, -0.15) is 0 Å². The molecular formula is C11H16N2O6S. The quantitative estimate of drug-likeness (QED) is 0.588. The number of sulfonamides is 1. The summed E-state index contributed by atoms with van der Waals surface area (Å²) in [5.41, 5.74) is -1.68. The summed E-state index contributed by atoms with van der Waals surface area (Å²) < 4.78 is 30.9. The molecule has 0 unspecified atom stereocenters. The highest BCUT2D eigenvalue weighted by atomic mass is 32.2. The number of rotatable bonds is 6. The third-order valence-corrected chi connectivity index (χ3v) is 3.75. The number of hydrogen-bond donors (Lipinski definition) is 2. The maximum atomic E-state index is 12.0. The van der Waals surface area contributed by atoms with Crippen molar-refractivity contribution in [3.05, 3.63) is 28.3 Å². The lowest BCUT2D eigenvalue weighted by Gasteiger charge is -2.17. The second-order valence-electron chi connectivity index (χ2n) is 4.73. The van der Waals surface area contributed by atoms with Gasteiger partial charge in [0.25, 0.3) is 0 Å². The van der Waals surface area contributed by atoms with Gasteiger partial charge in [-0.3, -0.25) is 10.1 Å². The fourth-order valence-corrected chi connectivity index (χ4v) is 2.56. The molecule has 112 valence electrons. The van der Waals surface area contributed by atoms with Gasteiger partial charge in [0.1, 0.15) is 0 Å². The zero-order chi connectivity index (χ0) is 15.6. The lowest BCUT2D eigenvalue weighted by atomic mass is 10.1. The molecule has 0 aliphatic carbocycles. The second-order valence-corrected chi connectivity index (χ2v) is 6.49. The van der Waals surface area contributed by atoms with Gasteiger partial charge in [0, 0.05) is 12.6 Å². The molecule has 0 saturated carbocycles. The van der Waals surface area contributed by atoms with E-state index in [4.69, 9.17) is 4.74 Å². The molecule has 20 heavy (non-hydrogen) atoms. The molecule has 1 aromatic rings. The SMILES string of the molecule is COc1ccc(S(=O)(=O)NCC(C)(C)O)cc1[N+](=O)[O-]. The molecule has 2 N–H and O–H groups in total. The van der Waals surface area contributed by atoms with E-state index in [1.807, 2.05) is 0 Å². The number of hydrogen-bond acceptors (Lipinski definition) is 6. The van der Waals surface area contributed by atoms with Crippen LogP contribution < -0.4 is 9.46 Å². The van der Waals surface area contributed by atoms with Crippen molar-refractivity contribution in [3.63, 3.8) is 0 Å². The summed E-state index contributed by atoms with van der Waals surface area (Å²) in [7, 11) is -2.69. The topological polar surface area (TPSA) is 119 Å². The number of nitro benzene ring substituents is 1. The summed E-state index contributed by atoms with van der Waals surface area (Å²) in [4.78, 5) is 9.85. The molecule has 0 aliphatic rings.